The Morgan fingerprint density at radius 2 is 1.83 bits per heavy atom. The van der Waals surface area contributed by atoms with Gasteiger partial charge in [-0.05, 0) is 94.5 Å². The van der Waals surface area contributed by atoms with Crippen LogP contribution in [0.25, 0.3) is 22.3 Å². The van der Waals surface area contributed by atoms with E-state index >= 15 is 0 Å². The van der Waals surface area contributed by atoms with Crippen LogP contribution in [0.3, 0.4) is 0 Å². The Labute approximate surface area is 277 Å². The smallest absolute Gasteiger partial charge is 0.404 e. The van der Waals surface area contributed by atoms with Crippen molar-refractivity contribution in [3.63, 3.8) is 0 Å². The molecule has 1 saturated carbocycles. The Morgan fingerprint density at radius 3 is 2.54 bits per heavy atom. The van der Waals surface area contributed by atoms with Gasteiger partial charge in [-0.2, -0.15) is 0 Å². The largest absolute Gasteiger partial charge is 0.465 e. The number of amides is 2. The molecule has 1 aromatic heterocycles. The zero-order valence-corrected chi connectivity index (χ0v) is 28.0. The number of benzene rings is 2. The zero-order valence-electron chi connectivity index (χ0n) is 27.3. The second-order valence-electron chi connectivity index (χ2n) is 13.4. The fraction of sp³-hybridized carbons (Fsp3) is 0.556. The maximum Gasteiger partial charge on any atom is 0.404 e. The average Bonchev–Trinajstić information content (AvgIpc) is 3.06. The molecule has 2 aromatic carbocycles. The van der Waals surface area contributed by atoms with Crippen LogP contribution < -0.4 is 10.6 Å². The summed E-state index contributed by atoms with van der Waals surface area (Å²) in [5.41, 5.74) is 1.50. The summed E-state index contributed by atoms with van der Waals surface area (Å²) >= 11 is 6.96. The van der Waals surface area contributed by atoms with Gasteiger partial charge in [-0.25, -0.2) is 14.8 Å². The number of carboxylic acid groups (broad SMARTS) is 1. The van der Waals surface area contributed by atoms with E-state index in [1.165, 1.54) is 0 Å². The lowest BCUT2D eigenvalue weighted by Gasteiger charge is -2.44. The van der Waals surface area contributed by atoms with Gasteiger partial charge in [0.15, 0.2) is 5.82 Å². The number of nitrogens with one attached hydrogen (secondary N) is 2. The van der Waals surface area contributed by atoms with Crippen LogP contribution in [0.5, 0.6) is 0 Å². The molecule has 0 radical (unpaired) electrons. The molecule has 2 fully saturated rings. The van der Waals surface area contributed by atoms with Crippen LogP contribution in [0.2, 0.25) is 5.02 Å². The molecule has 4 N–H and O–H groups in total. The minimum Gasteiger partial charge on any atom is -0.465 e. The highest BCUT2D eigenvalue weighted by atomic mass is 35.5. The maximum absolute atomic E-state index is 13.8. The number of aromatic nitrogens is 2. The number of carbonyl (C=O) groups excluding carboxylic acids is 1. The van der Waals surface area contributed by atoms with Gasteiger partial charge in [0.25, 0.3) is 0 Å². The fourth-order valence-electron chi connectivity index (χ4n) is 7.60. The van der Waals surface area contributed by atoms with Gasteiger partial charge < -0.3 is 25.7 Å². The number of piperidine rings is 1. The fourth-order valence-corrected chi connectivity index (χ4v) is 7.86. The highest BCUT2D eigenvalue weighted by Crippen LogP contribution is 2.46. The van der Waals surface area contributed by atoms with Gasteiger partial charge in [0.05, 0.1) is 21.8 Å². The Balaban J connectivity index is 1.51. The molecule has 3 aromatic rings. The predicted molar refractivity (Wildman–Crippen MR) is 182 cm³/mol. The molecule has 2 amide bonds. The van der Waals surface area contributed by atoms with Crippen LogP contribution in [-0.4, -0.2) is 70.3 Å². The van der Waals surface area contributed by atoms with Crippen LogP contribution in [0.4, 0.5) is 4.79 Å². The van der Waals surface area contributed by atoms with Gasteiger partial charge in [-0.15, -0.1) is 0 Å². The molecule has 2 heterocycles. The molecule has 0 bridgehead atoms. The third-order valence-electron chi connectivity index (χ3n) is 9.99. The van der Waals surface area contributed by atoms with E-state index in [4.69, 9.17) is 21.6 Å². The lowest BCUT2D eigenvalue weighted by atomic mass is 9.72. The van der Waals surface area contributed by atoms with Crippen molar-refractivity contribution < 1.29 is 19.8 Å². The topological polar surface area (TPSA) is 128 Å². The quantitative estimate of drug-likeness (QED) is 0.173. The summed E-state index contributed by atoms with van der Waals surface area (Å²) in [5, 5.41) is 29.2. The lowest BCUT2D eigenvalue weighted by Crippen LogP contribution is -2.50. The first-order valence-corrected chi connectivity index (χ1v) is 17.2. The molecule has 1 aliphatic heterocycles. The van der Waals surface area contributed by atoms with Crippen LogP contribution in [0.1, 0.15) is 82.4 Å². The number of para-hydroxylation sites is 1. The van der Waals surface area contributed by atoms with Crippen molar-refractivity contribution in [2.75, 3.05) is 33.2 Å². The molecule has 46 heavy (non-hydrogen) atoms. The van der Waals surface area contributed by atoms with Crippen molar-refractivity contribution in [2.24, 2.45) is 17.8 Å². The van der Waals surface area contributed by atoms with Crippen LogP contribution in [0, 0.1) is 17.8 Å². The van der Waals surface area contributed by atoms with Gasteiger partial charge in [-0.3, -0.25) is 4.79 Å². The Kier molecular flexibility index (Phi) is 11.2. The van der Waals surface area contributed by atoms with E-state index in [0.29, 0.717) is 47.4 Å². The van der Waals surface area contributed by atoms with E-state index in [-0.39, 0.29) is 36.6 Å². The molecular weight excluding hydrogens is 602 g/mol. The molecule has 2 atom stereocenters. The first-order chi connectivity index (χ1) is 22.1. The second kappa shape index (κ2) is 15.1. The summed E-state index contributed by atoms with van der Waals surface area (Å²) in [6.07, 6.45) is 4.98. The summed E-state index contributed by atoms with van der Waals surface area (Å²) in [7, 11) is 1.98. The molecule has 1 saturated heterocycles. The monoisotopic (exact) mass is 649 g/mol. The highest BCUT2D eigenvalue weighted by molar-refractivity contribution is 6.33. The Bertz CT molecular complexity index is 1530. The first kappa shape index (κ1) is 34.1. The summed E-state index contributed by atoms with van der Waals surface area (Å²) in [6, 6.07) is 13.4. The van der Waals surface area contributed by atoms with Crippen molar-refractivity contribution in [1.29, 1.82) is 0 Å². The number of hydrogen-bond acceptors (Lipinski definition) is 6. The van der Waals surface area contributed by atoms with Crippen molar-refractivity contribution in [3.8, 4) is 11.4 Å². The number of aliphatic hydroxyl groups is 1. The van der Waals surface area contributed by atoms with E-state index in [2.05, 4.69) is 24.5 Å². The third-order valence-corrected chi connectivity index (χ3v) is 10.3. The van der Waals surface area contributed by atoms with E-state index < -0.39 is 11.7 Å². The predicted octanol–water partition coefficient (Wildman–Crippen LogP) is 6.57. The minimum absolute atomic E-state index is 0.0156. The molecule has 10 heteroatoms. The van der Waals surface area contributed by atoms with Gasteiger partial charge in [0, 0.05) is 42.4 Å². The molecule has 248 valence electrons. The molecule has 2 aliphatic rings. The molecule has 1 aliphatic carbocycles. The Hall–Kier alpha value is -3.27. The van der Waals surface area contributed by atoms with Gasteiger partial charge in [0.2, 0.25) is 5.91 Å². The van der Waals surface area contributed by atoms with E-state index in [9.17, 15) is 19.8 Å². The lowest BCUT2D eigenvalue weighted by molar-refractivity contribution is -0.142. The van der Waals surface area contributed by atoms with Crippen molar-refractivity contribution in [1.82, 2.24) is 25.5 Å². The van der Waals surface area contributed by atoms with Crippen molar-refractivity contribution >= 4 is 34.5 Å². The molecule has 9 nitrogen and oxygen atoms in total. The van der Waals surface area contributed by atoms with Crippen molar-refractivity contribution in [3.05, 3.63) is 58.7 Å². The third kappa shape index (κ3) is 7.48. The number of nitrogens with zero attached hydrogens (tertiary/aromatic N) is 3. The van der Waals surface area contributed by atoms with Gasteiger partial charge in [0.1, 0.15) is 0 Å². The number of carbonyl (C=O) groups is 2. The summed E-state index contributed by atoms with van der Waals surface area (Å²) in [6.45, 7) is 6.48. The van der Waals surface area contributed by atoms with Crippen molar-refractivity contribution in [2.45, 2.75) is 76.7 Å². The SMILES string of the molecule is CNC[C@H]1CC[C@H](C(=O)N2CCCC(C(O)(CCCNC(=O)O)c3cccc(Cl)c3-c3nc(C(C)C)c4ccccc4n3)C2)CC1. The minimum atomic E-state index is -1.41. The van der Waals surface area contributed by atoms with E-state index in [1.807, 2.05) is 48.3 Å². The second-order valence-corrected chi connectivity index (χ2v) is 13.8. The number of halogens is 1. The number of hydrogen-bond donors (Lipinski definition) is 4. The standard InChI is InChI=1S/C36H48ClN5O4/c1-23(2)32-27-10-4-5-13-30(27)40-33(41-32)31-28(11-6-12-29(31)37)36(46,18-8-19-39-35(44)45)26-9-7-20-42(22-26)34(43)25-16-14-24(15-17-25)21-38-3/h4-6,10-13,23-26,38-39,46H,7-9,14-22H2,1-3H3,(H,44,45)/t24-,25-,26?,36?. The number of rotatable bonds is 11. The normalized spacial score (nSPS) is 21.7. The summed E-state index contributed by atoms with van der Waals surface area (Å²) in [4.78, 5) is 37.0. The molecule has 5 rings (SSSR count). The number of likely N-dealkylation sites (tertiary alicyclic amines) is 1. The number of fused-ring (bicyclic) bond motifs is 1. The molecule has 0 spiro atoms. The molecule has 2 unspecified atom stereocenters. The molecular formula is C36H48ClN5O4. The van der Waals surface area contributed by atoms with Crippen LogP contribution in [0.15, 0.2) is 42.5 Å². The zero-order chi connectivity index (χ0) is 32.8. The maximum atomic E-state index is 13.8. The van der Waals surface area contributed by atoms with Gasteiger partial charge in [-0.1, -0.05) is 55.8 Å². The van der Waals surface area contributed by atoms with Crippen LogP contribution in [-0.2, 0) is 10.4 Å². The summed E-state index contributed by atoms with van der Waals surface area (Å²) in [5.74, 6) is 1.12. The van der Waals surface area contributed by atoms with E-state index in [0.717, 1.165) is 61.7 Å². The average molecular weight is 650 g/mol. The first-order valence-electron chi connectivity index (χ1n) is 16.8. The van der Waals surface area contributed by atoms with E-state index in [1.54, 1.807) is 6.07 Å². The highest BCUT2D eigenvalue weighted by Gasteiger charge is 2.44. The Morgan fingerprint density at radius 1 is 1.07 bits per heavy atom. The summed E-state index contributed by atoms with van der Waals surface area (Å²) < 4.78 is 0. The van der Waals surface area contributed by atoms with Crippen LogP contribution >= 0.6 is 11.6 Å². The van der Waals surface area contributed by atoms with Gasteiger partial charge >= 0.3 is 6.09 Å².